The van der Waals surface area contributed by atoms with Crippen molar-refractivity contribution in [2.75, 3.05) is 18.9 Å². The summed E-state index contributed by atoms with van der Waals surface area (Å²) in [6.07, 6.45) is 1.58. The van der Waals surface area contributed by atoms with Crippen LogP contribution >= 0.6 is 0 Å². The molecule has 0 heterocycles. The van der Waals surface area contributed by atoms with Crippen molar-refractivity contribution in [2.45, 2.75) is 32.6 Å². The van der Waals surface area contributed by atoms with Crippen LogP contribution in [0.15, 0.2) is 30.3 Å². The summed E-state index contributed by atoms with van der Waals surface area (Å²) >= 11 is 0. The molecule has 0 aliphatic rings. The van der Waals surface area contributed by atoms with Crippen LogP contribution < -0.4 is 4.72 Å². The van der Waals surface area contributed by atoms with Crippen LogP contribution in [-0.4, -0.2) is 32.4 Å². The summed E-state index contributed by atoms with van der Waals surface area (Å²) in [4.78, 5) is 0. The standard InChI is InChI=1S/C15H25NO3S/c1-13(11-17)7-6-10-16-20(18,19)12-14(2)15-8-4-3-5-9-15/h3-5,8-9,13-14,16-17H,6-7,10-12H2,1-2H3. The second-order valence-electron chi connectivity index (χ2n) is 5.42. The first-order valence-electron chi connectivity index (χ1n) is 7.07. The van der Waals surface area contributed by atoms with E-state index in [4.69, 9.17) is 5.11 Å². The van der Waals surface area contributed by atoms with E-state index in [0.29, 0.717) is 6.54 Å². The average Bonchev–Trinajstić information content (AvgIpc) is 2.43. The molecule has 0 bridgehead atoms. The molecule has 2 atom stereocenters. The summed E-state index contributed by atoms with van der Waals surface area (Å²) in [7, 11) is -3.25. The van der Waals surface area contributed by atoms with Gasteiger partial charge in [-0.2, -0.15) is 0 Å². The normalized spacial score (nSPS) is 14.9. The number of hydrogen-bond donors (Lipinski definition) is 2. The molecule has 0 fully saturated rings. The zero-order valence-electron chi connectivity index (χ0n) is 12.2. The number of aliphatic hydroxyl groups is 1. The third kappa shape index (κ3) is 6.50. The van der Waals surface area contributed by atoms with Crippen LogP contribution in [0, 0.1) is 5.92 Å². The molecule has 1 aromatic carbocycles. The Morgan fingerprint density at radius 2 is 1.85 bits per heavy atom. The van der Waals surface area contributed by atoms with E-state index >= 15 is 0 Å². The Bertz CT molecular complexity index is 473. The van der Waals surface area contributed by atoms with E-state index in [0.717, 1.165) is 18.4 Å². The van der Waals surface area contributed by atoms with Gasteiger partial charge in [0.15, 0.2) is 0 Å². The zero-order chi connectivity index (χ0) is 15.0. The van der Waals surface area contributed by atoms with E-state index < -0.39 is 10.0 Å². The van der Waals surface area contributed by atoms with Gasteiger partial charge in [-0.1, -0.05) is 44.2 Å². The van der Waals surface area contributed by atoms with Gasteiger partial charge < -0.3 is 5.11 Å². The van der Waals surface area contributed by atoms with Crippen molar-refractivity contribution in [3.05, 3.63) is 35.9 Å². The van der Waals surface area contributed by atoms with E-state index in [2.05, 4.69) is 4.72 Å². The maximum Gasteiger partial charge on any atom is 0.212 e. The number of nitrogens with one attached hydrogen (secondary N) is 1. The number of rotatable bonds is 9. The Kier molecular flexibility index (Phi) is 7.19. The third-order valence-electron chi connectivity index (χ3n) is 3.35. The van der Waals surface area contributed by atoms with Gasteiger partial charge in [-0.3, -0.25) is 0 Å². The molecule has 0 saturated carbocycles. The van der Waals surface area contributed by atoms with Crippen molar-refractivity contribution in [1.29, 1.82) is 0 Å². The van der Waals surface area contributed by atoms with Crippen molar-refractivity contribution < 1.29 is 13.5 Å². The molecule has 20 heavy (non-hydrogen) atoms. The van der Waals surface area contributed by atoms with E-state index in [1.54, 1.807) is 0 Å². The highest BCUT2D eigenvalue weighted by Gasteiger charge is 2.16. The minimum absolute atomic E-state index is 0.0231. The van der Waals surface area contributed by atoms with Crippen molar-refractivity contribution in [3.8, 4) is 0 Å². The van der Waals surface area contributed by atoms with Gasteiger partial charge in [0.05, 0.1) is 5.75 Å². The minimum atomic E-state index is -3.25. The lowest BCUT2D eigenvalue weighted by molar-refractivity contribution is 0.228. The Labute approximate surface area is 122 Å². The first-order valence-corrected chi connectivity index (χ1v) is 8.73. The van der Waals surface area contributed by atoms with Gasteiger partial charge in [0.25, 0.3) is 0 Å². The lowest BCUT2D eigenvalue weighted by Crippen LogP contribution is -2.29. The van der Waals surface area contributed by atoms with Crippen LogP contribution in [0.5, 0.6) is 0 Å². The molecular weight excluding hydrogens is 274 g/mol. The number of hydrogen-bond acceptors (Lipinski definition) is 3. The molecule has 1 rings (SSSR count). The Morgan fingerprint density at radius 3 is 2.45 bits per heavy atom. The highest BCUT2D eigenvalue weighted by molar-refractivity contribution is 7.89. The Morgan fingerprint density at radius 1 is 1.20 bits per heavy atom. The third-order valence-corrected chi connectivity index (χ3v) is 4.93. The number of sulfonamides is 1. The molecule has 0 aliphatic carbocycles. The Balaban J connectivity index is 2.38. The summed E-state index contributed by atoms with van der Waals surface area (Å²) in [5, 5.41) is 8.90. The first-order chi connectivity index (χ1) is 9.44. The van der Waals surface area contributed by atoms with Gasteiger partial charge in [-0.25, -0.2) is 13.1 Å². The second-order valence-corrected chi connectivity index (χ2v) is 7.27. The van der Waals surface area contributed by atoms with Crippen LogP contribution in [0.25, 0.3) is 0 Å². The van der Waals surface area contributed by atoms with Crippen LogP contribution in [-0.2, 0) is 10.0 Å². The largest absolute Gasteiger partial charge is 0.396 e. The van der Waals surface area contributed by atoms with Gasteiger partial charge in [-0.15, -0.1) is 0 Å². The maximum atomic E-state index is 12.0. The molecule has 0 saturated heterocycles. The van der Waals surface area contributed by atoms with E-state index in [1.807, 2.05) is 44.2 Å². The summed E-state index contributed by atoms with van der Waals surface area (Å²) in [5.41, 5.74) is 1.03. The molecular formula is C15H25NO3S. The molecule has 0 radical (unpaired) electrons. The molecule has 5 heteroatoms. The molecule has 114 valence electrons. The minimum Gasteiger partial charge on any atom is -0.396 e. The summed E-state index contributed by atoms with van der Waals surface area (Å²) < 4.78 is 26.6. The average molecular weight is 299 g/mol. The van der Waals surface area contributed by atoms with E-state index in [9.17, 15) is 8.42 Å². The number of benzene rings is 1. The molecule has 0 spiro atoms. The molecule has 0 amide bonds. The predicted molar refractivity (Wildman–Crippen MR) is 82.1 cm³/mol. The van der Waals surface area contributed by atoms with Crippen molar-refractivity contribution in [2.24, 2.45) is 5.92 Å². The highest BCUT2D eigenvalue weighted by atomic mass is 32.2. The van der Waals surface area contributed by atoms with Crippen LogP contribution in [0.2, 0.25) is 0 Å². The van der Waals surface area contributed by atoms with Crippen molar-refractivity contribution >= 4 is 10.0 Å². The fourth-order valence-electron chi connectivity index (χ4n) is 2.04. The van der Waals surface area contributed by atoms with Crippen molar-refractivity contribution in [3.63, 3.8) is 0 Å². The smallest absolute Gasteiger partial charge is 0.212 e. The van der Waals surface area contributed by atoms with Gasteiger partial charge in [0.1, 0.15) is 0 Å². The zero-order valence-corrected chi connectivity index (χ0v) is 13.1. The Hall–Kier alpha value is -0.910. The lowest BCUT2D eigenvalue weighted by atomic mass is 10.0. The van der Waals surface area contributed by atoms with Gasteiger partial charge >= 0.3 is 0 Å². The van der Waals surface area contributed by atoms with Gasteiger partial charge in [-0.05, 0) is 30.2 Å². The molecule has 2 N–H and O–H groups in total. The summed E-state index contributed by atoms with van der Waals surface area (Å²) in [6, 6.07) is 9.65. The monoisotopic (exact) mass is 299 g/mol. The van der Waals surface area contributed by atoms with E-state index in [-0.39, 0.29) is 24.2 Å². The molecule has 1 aromatic rings. The van der Waals surface area contributed by atoms with Crippen molar-refractivity contribution in [1.82, 2.24) is 4.72 Å². The van der Waals surface area contributed by atoms with Gasteiger partial charge in [0, 0.05) is 13.2 Å². The van der Waals surface area contributed by atoms with Crippen LogP contribution in [0.1, 0.15) is 38.2 Å². The second kappa shape index (κ2) is 8.39. The molecule has 0 aliphatic heterocycles. The number of aliphatic hydroxyl groups excluding tert-OH is 1. The topological polar surface area (TPSA) is 66.4 Å². The summed E-state index contributed by atoms with van der Waals surface area (Å²) in [5.74, 6) is 0.305. The van der Waals surface area contributed by atoms with E-state index in [1.165, 1.54) is 0 Å². The summed E-state index contributed by atoms with van der Waals surface area (Å²) in [6.45, 7) is 4.46. The molecule has 4 nitrogen and oxygen atoms in total. The quantitative estimate of drug-likeness (QED) is 0.686. The van der Waals surface area contributed by atoms with Crippen LogP contribution in [0.4, 0.5) is 0 Å². The highest BCUT2D eigenvalue weighted by Crippen LogP contribution is 2.16. The van der Waals surface area contributed by atoms with Gasteiger partial charge in [0.2, 0.25) is 10.0 Å². The first kappa shape index (κ1) is 17.1. The lowest BCUT2D eigenvalue weighted by Gasteiger charge is -2.13. The van der Waals surface area contributed by atoms with Crippen LogP contribution in [0.3, 0.4) is 0 Å². The fourth-order valence-corrected chi connectivity index (χ4v) is 3.46. The maximum absolute atomic E-state index is 12.0. The fraction of sp³-hybridized carbons (Fsp3) is 0.600. The molecule has 0 aromatic heterocycles. The SMILES string of the molecule is CC(CO)CCCNS(=O)(=O)CC(C)c1ccccc1. The molecule has 2 unspecified atom stereocenters. The predicted octanol–water partition coefficient (Wildman–Crippen LogP) is 2.12.